The number of amides is 1. The van der Waals surface area contributed by atoms with Crippen molar-refractivity contribution in [3.63, 3.8) is 0 Å². The summed E-state index contributed by atoms with van der Waals surface area (Å²) in [5, 5.41) is 13.7. The number of carbonyl (C=O) groups is 1. The number of carbonyl (C=O) groups excluding carboxylic acids is 1. The number of thioether (sulfide) groups is 1. The number of aromatic hydroxyl groups is 1. The number of rotatable bonds is 2. The SMILES string of the molecule is Cc1cc(C)cc(N=C2NC(=O)/C(=C/c3cc(Cl)cc(Cl)c3O)S2)c1. The highest BCUT2D eigenvalue weighted by atomic mass is 35.5. The van der Waals surface area contributed by atoms with Gasteiger partial charge in [-0.15, -0.1) is 0 Å². The van der Waals surface area contributed by atoms with Crippen LogP contribution in [-0.2, 0) is 4.79 Å². The Labute approximate surface area is 159 Å². The number of hydrogen-bond donors (Lipinski definition) is 2. The van der Waals surface area contributed by atoms with Gasteiger partial charge in [-0.1, -0.05) is 29.3 Å². The van der Waals surface area contributed by atoms with Gasteiger partial charge in [-0.3, -0.25) is 4.79 Å². The van der Waals surface area contributed by atoms with Crippen molar-refractivity contribution in [3.8, 4) is 5.75 Å². The number of nitrogens with one attached hydrogen (secondary N) is 1. The molecule has 2 N–H and O–H groups in total. The summed E-state index contributed by atoms with van der Waals surface area (Å²) < 4.78 is 0. The summed E-state index contributed by atoms with van der Waals surface area (Å²) in [6.45, 7) is 3.99. The Morgan fingerprint density at radius 3 is 2.48 bits per heavy atom. The van der Waals surface area contributed by atoms with Crippen LogP contribution in [0.4, 0.5) is 5.69 Å². The first-order valence-corrected chi connectivity index (χ1v) is 8.95. The largest absolute Gasteiger partial charge is 0.506 e. The molecule has 1 amide bonds. The molecule has 0 spiro atoms. The predicted octanol–water partition coefficient (Wildman–Crippen LogP) is 5.21. The topological polar surface area (TPSA) is 61.7 Å². The Bertz CT molecular complexity index is 919. The number of nitrogens with zero attached hydrogens (tertiary/aromatic N) is 1. The van der Waals surface area contributed by atoms with Crippen LogP contribution in [-0.4, -0.2) is 16.2 Å². The third-order valence-corrected chi connectivity index (χ3v) is 4.85. The fraction of sp³-hybridized carbons (Fsp3) is 0.111. The van der Waals surface area contributed by atoms with Crippen LogP contribution in [0.1, 0.15) is 16.7 Å². The van der Waals surface area contributed by atoms with Crippen molar-refractivity contribution >= 4 is 57.8 Å². The Morgan fingerprint density at radius 2 is 1.80 bits per heavy atom. The van der Waals surface area contributed by atoms with E-state index in [4.69, 9.17) is 23.2 Å². The highest BCUT2D eigenvalue weighted by molar-refractivity contribution is 8.18. The van der Waals surface area contributed by atoms with Gasteiger partial charge >= 0.3 is 0 Å². The molecule has 3 rings (SSSR count). The standard InChI is InChI=1S/C18H14Cl2N2O2S/c1-9-3-10(2)5-13(4-9)21-18-22-17(24)15(25-18)7-11-6-12(19)8-14(20)16(11)23/h3-8,23H,1-2H3,(H,21,22,24)/b15-7-. The summed E-state index contributed by atoms with van der Waals surface area (Å²) in [5.74, 6) is -0.407. The first-order valence-electron chi connectivity index (χ1n) is 7.38. The Hall–Kier alpha value is -1.95. The van der Waals surface area contributed by atoms with Gasteiger partial charge in [0.2, 0.25) is 0 Å². The lowest BCUT2D eigenvalue weighted by Gasteiger charge is -2.03. The number of phenolic OH excluding ortho intramolecular Hbond substituents is 1. The molecule has 2 aromatic carbocycles. The van der Waals surface area contributed by atoms with Crippen molar-refractivity contribution in [2.45, 2.75) is 13.8 Å². The number of phenols is 1. The molecule has 0 bridgehead atoms. The van der Waals surface area contributed by atoms with Crippen LogP contribution < -0.4 is 5.32 Å². The lowest BCUT2D eigenvalue weighted by molar-refractivity contribution is -0.115. The molecule has 0 aromatic heterocycles. The van der Waals surface area contributed by atoms with Gasteiger partial charge in [0.25, 0.3) is 5.91 Å². The van der Waals surface area contributed by atoms with E-state index in [1.165, 1.54) is 23.9 Å². The minimum Gasteiger partial charge on any atom is -0.506 e. The van der Waals surface area contributed by atoms with Gasteiger partial charge in [-0.25, -0.2) is 4.99 Å². The minimum atomic E-state index is -0.288. The minimum absolute atomic E-state index is 0.119. The van der Waals surface area contributed by atoms with Crippen LogP contribution >= 0.6 is 35.0 Å². The van der Waals surface area contributed by atoms with Crippen LogP contribution in [0.25, 0.3) is 6.08 Å². The van der Waals surface area contributed by atoms with E-state index < -0.39 is 0 Å². The maximum Gasteiger partial charge on any atom is 0.264 e. The van der Waals surface area contributed by atoms with Gasteiger partial charge in [-0.05, 0) is 67.1 Å². The van der Waals surface area contributed by atoms with Crippen molar-refractivity contribution in [1.82, 2.24) is 5.32 Å². The molecular formula is C18H14Cl2N2O2S. The molecule has 128 valence electrons. The van der Waals surface area contributed by atoms with Gasteiger partial charge in [0, 0.05) is 10.6 Å². The summed E-state index contributed by atoms with van der Waals surface area (Å²) in [5.41, 5.74) is 3.35. The molecule has 1 saturated heterocycles. The molecule has 0 saturated carbocycles. The number of aryl methyl sites for hydroxylation is 2. The number of halogens is 2. The zero-order valence-electron chi connectivity index (χ0n) is 13.4. The molecule has 0 unspecified atom stereocenters. The summed E-state index contributed by atoms with van der Waals surface area (Å²) >= 11 is 13.1. The first kappa shape index (κ1) is 17.9. The van der Waals surface area contributed by atoms with E-state index in [1.807, 2.05) is 26.0 Å². The molecule has 1 fully saturated rings. The average molecular weight is 393 g/mol. The molecule has 1 heterocycles. The number of hydrogen-bond acceptors (Lipinski definition) is 4. The van der Waals surface area contributed by atoms with E-state index >= 15 is 0 Å². The lowest BCUT2D eigenvalue weighted by atomic mass is 10.1. The maximum atomic E-state index is 12.2. The Kier molecular flexibility index (Phi) is 5.08. The van der Waals surface area contributed by atoms with Gasteiger partial charge in [-0.2, -0.15) is 0 Å². The monoisotopic (exact) mass is 392 g/mol. The molecular weight excluding hydrogens is 379 g/mol. The van der Waals surface area contributed by atoms with E-state index in [2.05, 4.69) is 16.4 Å². The zero-order chi connectivity index (χ0) is 18.1. The molecule has 1 aliphatic rings. The number of benzene rings is 2. The third-order valence-electron chi connectivity index (χ3n) is 3.43. The summed E-state index contributed by atoms with van der Waals surface area (Å²) in [6.07, 6.45) is 1.54. The van der Waals surface area contributed by atoms with Crippen LogP contribution in [0.3, 0.4) is 0 Å². The Morgan fingerprint density at radius 1 is 1.12 bits per heavy atom. The van der Waals surface area contributed by atoms with E-state index in [0.717, 1.165) is 16.8 Å². The molecule has 7 heteroatoms. The molecule has 2 aromatic rings. The van der Waals surface area contributed by atoms with Crippen molar-refractivity contribution < 1.29 is 9.90 Å². The first-order chi connectivity index (χ1) is 11.8. The second kappa shape index (κ2) is 7.12. The van der Waals surface area contributed by atoms with Crippen molar-refractivity contribution in [3.05, 3.63) is 62.0 Å². The van der Waals surface area contributed by atoms with Gasteiger partial charge in [0.1, 0.15) is 5.75 Å². The van der Waals surface area contributed by atoms with E-state index in [0.29, 0.717) is 20.7 Å². The van der Waals surface area contributed by atoms with Crippen molar-refractivity contribution in [1.29, 1.82) is 0 Å². The van der Waals surface area contributed by atoms with Gasteiger partial charge in [0.15, 0.2) is 5.17 Å². The van der Waals surface area contributed by atoms with Gasteiger partial charge in [0.05, 0.1) is 15.6 Å². The van der Waals surface area contributed by atoms with Crippen LogP contribution in [0, 0.1) is 13.8 Å². The maximum absolute atomic E-state index is 12.2. The predicted molar refractivity (Wildman–Crippen MR) is 105 cm³/mol. The van der Waals surface area contributed by atoms with Crippen molar-refractivity contribution in [2.75, 3.05) is 0 Å². The smallest absolute Gasteiger partial charge is 0.264 e. The Balaban J connectivity index is 1.91. The zero-order valence-corrected chi connectivity index (χ0v) is 15.8. The van der Waals surface area contributed by atoms with Crippen LogP contribution in [0.2, 0.25) is 10.0 Å². The lowest BCUT2D eigenvalue weighted by Crippen LogP contribution is -2.19. The normalized spacial score (nSPS) is 17.4. The number of aliphatic imine (C=N–C) groups is 1. The van der Waals surface area contributed by atoms with Gasteiger partial charge < -0.3 is 10.4 Å². The second-order valence-electron chi connectivity index (χ2n) is 5.65. The highest BCUT2D eigenvalue weighted by Crippen LogP contribution is 2.35. The van der Waals surface area contributed by atoms with E-state index in [1.54, 1.807) is 6.07 Å². The van der Waals surface area contributed by atoms with Crippen LogP contribution in [0.15, 0.2) is 40.2 Å². The second-order valence-corrected chi connectivity index (χ2v) is 7.53. The van der Waals surface area contributed by atoms with Crippen molar-refractivity contribution in [2.24, 2.45) is 4.99 Å². The fourth-order valence-corrected chi connectivity index (χ4v) is 3.79. The molecule has 0 aliphatic carbocycles. The quantitative estimate of drug-likeness (QED) is 0.689. The summed E-state index contributed by atoms with van der Waals surface area (Å²) in [4.78, 5) is 17.0. The molecule has 1 aliphatic heterocycles. The van der Waals surface area contributed by atoms with Crippen LogP contribution in [0.5, 0.6) is 5.75 Å². The average Bonchev–Trinajstić information content (AvgIpc) is 2.82. The fourth-order valence-electron chi connectivity index (χ4n) is 2.45. The van der Waals surface area contributed by atoms with E-state index in [-0.39, 0.29) is 16.7 Å². The highest BCUT2D eigenvalue weighted by Gasteiger charge is 2.24. The molecule has 4 nitrogen and oxygen atoms in total. The number of amidine groups is 1. The molecule has 0 atom stereocenters. The third kappa shape index (κ3) is 4.18. The summed E-state index contributed by atoms with van der Waals surface area (Å²) in [7, 11) is 0. The molecule has 25 heavy (non-hydrogen) atoms. The molecule has 0 radical (unpaired) electrons. The van der Waals surface area contributed by atoms with E-state index in [9.17, 15) is 9.90 Å². The summed E-state index contributed by atoms with van der Waals surface area (Å²) in [6, 6.07) is 8.92.